The van der Waals surface area contributed by atoms with Crippen LogP contribution in [0.15, 0.2) is 54.1 Å². The topological polar surface area (TPSA) is 102 Å². The largest absolute Gasteiger partial charge is 0.382 e. The maximum absolute atomic E-state index is 12.8. The number of benzene rings is 1. The van der Waals surface area contributed by atoms with Gasteiger partial charge in [0, 0.05) is 54.6 Å². The van der Waals surface area contributed by atoms with Crippen LogP contribution in [-0.4, -0.2) is 43.2 Å². The Morgan fingerprint density at radius 2 is 2.10 bits per heavy atom. The van der Waals surface area contributed by atoms with Crippen molar-refractivity contribution in [3.8, 4) is 11.1 Å². The van der Waals surface area contributed by atoms with Crippen molar-refractivity contribution in [3.63, 3.8) is 0 Å². The number of hydrogen-bond acceptors (Lipinski definition) is 4. The molecule has 0 bridgehead atoms. The second-order valence-electron chi connectivity index (χ2n) is 7.71. The number of anilines is 1. The van der Waals surface area contributed by atoms with E-state index in [-0.39, 0.29) is 23.3 Å². The van der Waals surface area contributed by atoms with Crippen LogP contribution in [0.25, 0.3) is 32.9 Å². The number of nitrogens with zero attached hydrogens (tertiary/aromatic N) is 4. The standard InChI is InChI=1S/C22H22N6O2/c1-3-18(29)27-9-8-13(10-27)28-12-16(19-20(28)22(30)25-24-21(19)23)15-11-26(2)17-7-5-4-6-14(15)17/h3-7,11-13H,1,8-10H2,2H3,(H2,23,24)(H,25,30)/t13-/m0/s1. The van der Waals surface area contributed by atoms with Gasteiger partial charge in [-0.25, -0.2) is 5.10 Å². The highest BCUT2D eigenvalue weighted by atomic mass is 16.2. The molecular formula is C22H22N6O2. The lowest BCUT2D eigenvalue weighted by Crippen LogP contribution is -2.27. The molecule has 30 heavy (non-hydrogen) atoms. The molecule has 1 saturated heterocycles. The van der Waals surface area contributed by atoms with Crippen molar-refractivity contribution >= 4 is 33.5 Å². The first-order valence-corrected chi connectivity index (χ1v) is 9.84. The van der Waals surface area contributed by atoms with Gasteiger partial charge in [0.1, 0.15) is 5.52 Å². The molecule has 5 rings (SSSR count). The second-order valence-corrected chi connectivity index (χ2v) is 7.71. The summed E-state index contributed by atoms with van der Waals surface area (Å²) in [4.78, 5) is 26.6. The van der Waals surface area contributed by atoms with Gasteiger partial charge < -0.3 is 19.8 Å². The Balaban J connectivity index is 1.75. The number of aromatic nitrogens is 4. The number of hydrogen-bond donors (Lipinski definition) is 2. The van der Waals surface area contributed by atoms with Crippen LogP contribution in [0.3, 0.4) is 0 Å². The smallest absolute Gasteiger partial charge is 0.288 e. The van der Waals surface area contributed by atoms with Crippen LogP contribution in [0, 0.1) is 0 Å². The summed E-state index contributed by atoms with van der Waals surface area (Å²) in [5, 5.41) is 8.24. The molecule has 4 aromatic rings. The Labute approximate surface area is 172 Å². The highest BCUT2D eigenvalue weighted by molar-refractivity contribution is 6.08. The number of likely N-dealkylation sites (tertiary alicyclic amines) is 1. The number of carbonyl (C=O) groups excluding carboxylic acids is 1. The fraction of sp³-hybridized carbons (Fsp3) is 0.227. The minimum Gasteiger partial charge on any atom is -0.382 e. The Hall–Kier alpha value is -3.81. The maximum atomic E-state index is 12.8. The molecule has 3 aromatic heterocycles. The SMILES string of the molecule is C=CC(=O)N1CC[C@H](n2cc(-c3cn(C)c4ccccc34)c3c(N)n[nH]c(=O)c32)C1. The Bertz CT molecular complexity index is 1380. The first kappa shape index (κ1) is 18.2. The summed E-state index contributed by atoms with van der Waals surface area (Å²) in [6, 6.07) is 8.09. The summed E-state index contributed by atoms with van der Waals surface area (Å²) < 4.78 is 4.02. The molecule has 1 aliphatic rings. The van der Waals surface area contributed by atoms with Crippen molar-refractivity contribution in [1.29, 1.82) is 0 Å². The minimum absolute atomic E-state index is 0.0250. The van der Waals surface area contributed by atoms with Crippen LogP contribution in [0.2, 0.25) is 0 Å². The summed E-state index contributed by atoms with van der Waals surface area (Å²) in [5.74, 6) is 0.182. The summed E-state index contributed by atoms with van der Waals surface area (Å²) in [6.45, 7) is 4.71. The highest BCUT2D eigenvalue weighted by Crippen LogP contribution is 2.39. The normalized spacial score (nSPS) is 16.6. The van der Waals surface area contributed by atoms with Crippen molar-refractivity contribution in [2.45, 2.75) is 12.5 Å². The van der Waals surface area contributed by atoms with Gasteiger partial charge in [-0.15, -0.1) is 0 Å². The van der Waals surface area contributed by atoms with Crippen molar-refractivity contribution in [2.24, 2.45) is 7.05 Å². The molecule has 4 heterocycles. The zero-order valence-electron chi connectivity index (χ0n) is 16.6. The van der Waals surface area contributed by atoms with Crippen molar-refractivity contribution in [1.82, 2.24) is 24.2 Å². The van der Waals surface area contributed by atoms with E-state index >= 15 is 0 Å². The molecule has 0 unspecified atom stereocenters. The summed E-state index contributed by atoms with van der Waals surface area (Å²) in [7, 11) is 2.00. The van der Waals surface area contributed by atoms with Crippen LogP contribution in [0.4, 0.5) is 5.82 Å². The number of amides is 1. The first-order valence-electron chi connectivity index (χ1n) is 9.84. The summed E-state index contributed by atoms with van der Waals surface area (Å²) in [6.07, 6.45) is 6.10. The predicted molar refractivity (Wildman–Crippen MR) is 117 cm³/mol. The average Bonchev–Trinajstić information content (AvgIpc) is 3.46. The van der Waals surface area contributed by atoms with E-state index in [0.29, 0.717) is 24.0 Å². The van der Waals surface area contributed by atoms with E-state index in [1.54, 1.807) is 4.90 Å². The van der Waals surface area contributed by atoms with Crippen LogP contribution in [0.1, 0.15) is 12.5 Å². The van der Waals surface area contributed by atoms with Gasteiger partial charge in [-0.3, -0.25) is 9.59 Å². The molecule has 1 atom stereocenters. The van der Waals surface area contributed by atoms with Crippen molar-refractivity contribution in [3.05, 3.63) is 59.7 Å². The molecule has 8 nitrogen and oxygen atoms in total. The van der Waals surface area contributed by atoms with E-state index in [0.717, 1.165) is 28.5 Å². The monoisotopic (exact) mass is 402 g/mol. The van der Waals surface area contributed by atoms with Gasteiger partial charge in [0.2, 0.25) is 5.91 Å². The molecule has 0 aliphatic carbocycles. The number of carbonyl (C=O) groups is 1. The summed E-state index contributed by atoms with van der Waals surface area (Å²) in [5.41, 5.74) is 9.39. The van der Waals surface area contributed by atoms with Crippen LogP contribution >= 0.6 is 0 Å². The Morgan fingerprint density at radius 3 is 2.90 bits per heavy atom. The maximum Gasteiger partial charge on any atom is 0.288 e. The molecule has 3 N–H and O–H groups in total. The second kappa shape index (κ2) is 6.62. The van der Waals surface area contributed by atoms with Crippen LogP contribution < -0.4 is 11.3 Å². The predicted octanol–water partition coefficient (Wildman–Crippen LogP) is 2.42. The lowest BCUT2D eigenvalue weighted by molar-refractivity contribution is -0.125. The third-order valence-electron chi connectivity index (χ3n) is 6.01. The number of nitrogens with one attached hydrogen (secondary N) is 1. The van der Waals surface area contributed by atoms with Gasteiger partial charge in [-0.2, -0.15) is 5.10 Å². The van der Waals surface area contributed by atoms with Crippen molar-refractivity contribution < 1.29 is 4.79 Å². The summed E-state index contributed by atoms with van der Waals surface area (Å²) >= 11 is 0. The number of fused-ring (bicyclic) bond motifs is 2. The minimum atomic E-state index is -0.292. The number of nitrogens with two attached hydrogens (primary N) is 1. The van der Waals surface area contributed by atoms with Crippen LogP contribution in [0.5, 0.6) is 0 Å². The van der Waals surface area contributed by atoms with Gasteiger partial charge in [-0.05, 0) is 18.6 Å². The number of nitrogen functional groups attached to an aromatic ring is 1. The molecule has 152 valence electrons. The zero-order chi connectivity index (χ0) is 21.0. The lowest BCUT2D eigenvalue weighted by atomic mass is 10.0. The molecule has 1 aromatic carbocycles. The Morgan fingerprint density at radius 1 is 1.30 bits per heavy atom. The highest BCUT2D eigenvalue weighted by Gasteiger charge is 2.29. The third kappa shape index (κ3) is 2.57. The molecular weight excluding hydrogens is 380 g/mol. The van der Waals surface area contributed by atoms with E-state index < -0.39 is 0 Å². The number of para-hydroxylation sites is 1. The van der Waals surface area contributed by atoms with E-state index in [1.807, 2.05) is 36.1 Å². The quantitative estimate of drug-likeness (QED) is 0.514. The lowest BCUT2D eigenvalue weighted by Gasteiger charge is -2.16. The number of rotatable bonds is 3. The van der Waals surface area contributed by atoms with Gasteiger partial charge >= 0.3 is 0 Å². The van der Waals surface area contributed by atoms with Crippen molar-refractivity contribution in [2.75, 3.05) is 18.8 Å². The zero-order valence-corrected chi connectivity index (χ0v) is 16.6. The molecule has 1 amide bonds. The number of aromatic amines is 1. The molecule has 1 fully saturated rings. The van der Waals surface area contributed by atoms with E-state index in [2.05, 4.69) is 33.5 Å². The molecule has 0 spiro atoms. The molecule has 8 heteroatoms. The Kier molecular flexibility index (Phi) is 4.02. The first-order chi connectivity index (χ1) is 14.5. The fourth-order valence-corrected chi connectivity index (χ4v) is 4.58. The van der Waals surface area contributed by atoms with Gasteiger partial charge in [0.15, 0.2) is 5.82 Å². The van der Waals surface area contributed by atoms with E-state index in [1.165, 1.54) is 6.08 Å². The van der Waals surface area contributed by atoms with Gasteiger partial charge in [-0.1, -0.05) is 24.8 Å². The van der Waals surface area contributed by atoms with Gasteiger partial charge in [0.25, 0.3) is 5.56 Å². The molecule has 0 radical (unpaired) electrons. The fourth-order valence-electron chi connectivity index (χ4n) is 4.58. The van der Waals surface area contributed by atoms with Gasteiger partial charge in [0.05, 0.1) is 11.4 Å². The van der Waals surface area contributed by atoms with Crippen LogP contribution in [-0.2, 0) is 11.8 Å². The third-order valence-corrected chi connectivity index (χ3v) is 6.01. The van der Waals surface area contributed by atoms with E-state index in [9.17, 15) is 9.59 Å². The average molecular weight is 402 g/mol. The van der Waals surface area contributed by atoms with E-state index in [4.69, 9.17) is 5.73 Å². The molecule has 1 aliphatic heterocycles. The number of aryl methyl sites for hydroxylation is 1. The number of H-pyrrole nitrogens is 1. The molecule has 0 saturated carbocycles.